The summed E-state index contributed by atoms with van der Waals surface area (Å²) >= 11 is 0. The summed E-state index contributed by atoms with van der Waals surface area (Å²) in [6.07, 6.45) is 2.27. The Bertz CT molecular complexity index is 271. The average molecular weight is 192 g/mol. The van der Waals surface area contributed by atoms with E-state index in [0.717, 1.165) is 25.0 Å². The van der Waals surface area contributed by atoms with E-state index in [-0.39, 0.29) is 6.29 Å². The number of hydrogen-bond acceptors (Lipinski definition) is 2. The van der Waals surface area contributed by atoms with Gasteiger partial charge in [-0.15, -0.1) is 0 Å². The van der Waals surface area contributed by atoms with Gasteiger partial charge in [0, 0.05) is 5.56 Å². The summed E-state index contributed by atoms with van der Waals surface area (Å²) in [5, 5.41) is 0. The number of benzene rings is 1. The predicted molar refractivity (Wildman–Crippen MR) is 54.9 cm³/mol. The van der Waals surface area contributed by atoms with Crippen molar-refractivity contribution < 1.29 is 9.47 Å². The maximum absolute atomic E-state index is 5.80. The van der Waals surface area contributed by atoms with E-state index in [1.165, 1.54) is 0 Å². The van der Waals surface area contributed by atoms with E-state index in [4.69, 9.17) is 9.47 Å². The van der Waals surface area contributed by atoms with Crippen LogP contribution in [0.5, 0.6) is 0 Å². The highest BCUT2D eigenvalue weighted by atomic mass is 16.7. The lowest BCUT2D eigenvalue weighted by molar-refractivity contribution is -0.217. The largest absolute Gasteiger partial charge is 0.348 e. The normalized spacial score (nSPS) is 27.5. The molecule has 2 atom stereocenters. The van der Waals surface area contributed by atoms with Gasteiger partial charge in [0.25, 0.3) is 0 Å². The summed E-state index contributed by atoms with van der Waals surface area (Å²) in [4.78, 5) is 0. The van der Waals surface area contributed by atoms with Crippen LogP contribution in [0, 0.1) is 0 Å². The van der Waals surface area contributed by atoms with Crippen LogP contribution in [0.4, 0.5) is 0 Å². The molecule has 1 fully saturated rings. The van der Waals surface area contributed by atoms with Crippen molar-refractivity contribution in [2.24, 2.45) is 0 Å². The monoisotopic (exact) mass is 192 g/mol. The summed E-state index contributed by atoms with van der Waals surface area (Å²) < 4.78 is 11.4. The van der Waals surface area contributed by atoms with Gasteiger partial charge < -0.3 is 9.47 Å². The van der Waals surface area contributed by atoms with Crippen molar-refractivity contribution in [3.05, 3.63) is 35.9 Å². The fraction of sp³-hybridized carbons (Fsp3) is 0.500. The predicted octanol–water partition coefficient (Wildman–Crippen LogP) is 2.90. The lowest BCUT2D eigenvalue weighted by Crippen LogP contribution is -2.26. The second kappa shape index (κ2) is 4.58. The number of ether oxygens (including phenoxy) is 2. The van der Waals surface area contributed by atoms with Gasteiger partial charge in [0.2, 0.25) is 0 Å². The third-order valence-corrected chi connectivity index (χ3v) is 2.55. The van der Waals surface area contributed by atoms with Crippen LogP contribution in [0.25, 0.3) is 0 Å². The molecule has 14 heavy (non-hydrogen) atoms. The lowest BCUT2D eigenvalue weighted by atomic mass is 10.1. The molecule has 0 N–H and O–H groups in total. The summed E-state index contributed by atoms with van der Waals surface area (Å²) in [5.74, 6) is 0. The van der Waals surface area contributed by atoms with Crippen LogP contribution in [0.3, 0.4) is 0 Å². The minimum absolute atomic E-state index is 0.158. The molecule has 76 valence electrons. The topological polar surface area (TPSA) is 18.5 Å². The minimum atomic E-state index is -0.158. The molecule has 2 rings (SSSR count). The van der Waals surface area contributed by atoms with Crippen molar-refractivity contribution in [2.75, 3.05) is 6.61 Å². The molecule has 2 nitrogen and oxygen atoms in total. The third kappa shape index (κ3) is 2.14. The fourth-order valence-corrected chi connectivity index (χ4v) is 1.67. The van der Waals surface area contributed by atoms with Gasteiger partial charge in [-0.2, -0.15) is 0 Å². The van der Waals surface area contributed by atoms with Gasteiger partial charge in [0.1, 0.15) is 0 Å². The van der Waals surface area contributed by atoms with Crippen LogP contribution in [-0.2, 0) is 9.47 Å². The first-order valence-corrected chi connectivity index (χ1v) is 5.22. The highest BCUT2D eigenvalue weighted by Gasteiger charge is 2.22. The first-order chi connectivity index (χ1) is 6.90. The molecule has 1 aliphatic heterocycles. The first-order valence-electron chi connectivity index (χ1n) is 5.22. The van der Waals surface area contributed by atoms with E-state index >= 15 is 0 Å². The smallest absolute Gasteiger partial charge is 0.184 e. The molecule has 1 saturated heterocycles. The van der Waals surface area contributed by atoms with Crippen LogP contribution in [-0.4, -0.2) is 12.7 Å². The van der Waals surface area contributed by atoms with Crippen LogP contribution >= 0.6 is 0 Å². The van der Waals surface area contributed by atoms with E-state index in [0.29, 0.717) is 6.10 Å². The van der Waals surface area contributed by atoms with Crippen molar-refractivity contribution in [1.82, 2.24) is 0 Å². The first kappa shape index (κ1) is 9.69. The lowest BCUT2D eigenvalue weighted by Gasteiger charge is -2.29. The molecule has 0 amide bonds. The Balaban J connectivity index is 2.04. The average Bonchev–Trinajstić information content (AvgIpc) is 2.30. The van der Waals surface area contributed by atoms with E-state index in [1.54, 1.807) is 0 Å². The molecule has 1 unspecified atom stereocenters. The second-order valence-electron chi connectivity index (χ2n) is 3.57. The summed E-state index contributed by atoms with van der Waals surface area (Å²) in [6, 6.07) is 10.1. The third-order valence-electron chi connectivity index (χ3n) is 2.55. The number of hydrogen-bond donors (Lipinski definition) is 0. The number of rotatable bonds is 2. The molecule has 1 aromatic rings. The molecular weight excluding hydrogens is 176 g/mol. The van der Waals surface area contributed by atoms with Crippen molar-refractivity contribution >= 4 is 0 Å². The van der Waals surface area contributed by atoms with Gasteiger partial charge in [-0.3, -0.25) is 0 Å². The Hall–Kier alpha value is -0.860. The van der Waals surface area contributed by atoms with Gasteiger partial charge in [-0.05, 0) is 12.8 Å². The van der Waals surface area contributed by atoms with Crippen molar-refractivity contribution in [1.29, 1.82) is 0 Å². The summed E-state index contributed by atoms with van der Waals surface area (Å²) in [5.41, 5.74) is 1.12. The van der Waals surface area contributed by atoms with Crippen LogP contribution < -0.4 is 0 Å². The van der Waals surface area contributed by atoms with E-state index < -0.39 is 0 Å². The summed E-state index contributed by atoms with van der Waals surface area (Å²) in [6.45, 7) is 2.95. The zero-order valence-electron chi connectivity index (χ0n) is 8.48. The molecule has 1 heterocycles. The molecule has 0 bridgehead atoms. The molecule has 0 saturated carbocycles. The van der Waals surface area contributed by atoms with Crippen LogP contribution in [0.1, 0.15) is 31.6 Å². The van der Waals surface area contributed by atoms with E-state index in [9.17, 15) is 0 Å². The summed E-state index contributed by atoms with van der Waals surface area (Å²) in [7, 11) is 0. The quantitative estimate of drug-likeness (QED) is 0.717. The van der Waals surface area contributed by atoms with Gasteiger partial charge >= 0.3 is 0 Å². The zero-order chi connectivity index (χ0) is 9.80. The second-order valence-corrected chi connectivity index (χ2v) is 3.57. The fourth-order valence-electron chi connectivity index (χ4n) is 1.67. The van der Waals surface area contributed by atoms with Gasteiger partial charge in [0.05, 0.1) is 12.7 Å². The molecule has 1 aliphatic rings. The molecular formula is C12H16O2. The molecule has 0 radical (unpaired) electrons. The van der Waals surface area contributed by atoms with Crippen LogP contribution in [0.2, 0.25) is 0 Å². The molecule has 0 aromatic heterocycles. The van der Waals surface area contributed by atoms with Crippen LogP contribution in [0.15, 0.2) is 30.3 Å². The minimum Gasteiger partial charge on any atom is -0.348 e. The molecule has 0 aliphatic carbocycles. The Morgan fingerprint density at radius 2 is 2.07 bits per heavy atom. The SMILES string of the molecule is CC[C@@H]1CCOC(c2ccccc2)O1. The van der Waals surface area contributed by atoms with Gasteiger partial charge in [-0.1, -0.05) is 37.3 Å². The maximum Gasteiger partial charge on any atom is 0.184 e. The van der Waals surface area contributed by atoms with Crippen molar-refractivity contribution in [3.63, 3.8) is 0 Å². The maximum atomic E-state index is 5.80. The standard InChI is InChI=1S/C12H16O2/c1-2-11-8-9-13-12(14-11)10-6-4-3-5-7-10/h3-7,11-12H,2,8-9H2,1H3/t11-,12?/m1/s1. The molecule has 0 spiro atoms. The highest BCUT2D eigenvalue weighted by Crippen LogP contribution is 2.26. The molecule has 1 aromatic carbocycles. The van der Waals surface area contributed by atoms with E-state index in [2.05, 4.69) is 6.92 Å². The Kier molecular flexibility index (Phi) is 3.17. The Morgan fingerprint density at radius 1 is 1.29 bits per heavy atom. The highest BCUT2D eigenvalue weighted by molar-refractivity contribution is 5.16. The zero-order valence-corrected chi connectivity index (χ0v) is 8.48. The van der Waals surface area contributed by atoms with E-state index in [1.807, 2.05) is 30.3 Å². The Labute approximate surface area is 84.8 Å². The van der Waals surface area contributed by atoms with Gasteiger partial charge in [-0.25, -0.2) is 0 Å². The van der Waals surface area contributed by atoms with Gasteiger partial charge in [0.15, 0.2) is 6.29 Å². The van der Waals surface area contributed by atoms with Crippen molar-refractivity contribution in [2.45, 2.75) is 32.2 Å². The molecule has 2 heteroatoms. The Morgan fingerprint density at radius 3 is 2.79 bits per heavy atom. The van der Waals surface area contributed by atoms with Crippen molar-refractivity contribution in [3.8, 4) is 0 Å².